The summed E-state index contributed by atoms with van der Waals surface area (Å²) in [6.07, 6.45) is 0. The molecular weight excluding hydrogens is 765 g/mol. The normalized spacial score (nSPS) is 11.9. The zero-order valence-corrected chi connectivity index (χ0v) is 33.4. The van der Waals surface area contributed by atoms with Gasteiger partial charge in [0, 0.05) is 69.7 Å². The Hall–Kier alpha value is -7.93. The average molecular weight is 797 g/mol. The van der Waals surface area contributed by atoms with E-state index in [1.807, 2.05) is 65.9 Å². The van der Waals surface area contributed by atoms with Crippen molar-refractivity contribution in [1.29, 1.82) is 0 Å². The van der Waals surface area contributed by atoms with Crippen molar-refractivity contribution in [3.05, 3.63) is 194 Å². The predicted octanol–water partition coefficient (Wildman–Crippen LogP) is 15.1. The molecule has 0 fully saturated rings. The highest BCUT2D eigenvalue weighted by Crippen LogP contribution is 2.43. The van der Waals surface area contributed by atoms with Crippen LogP contribution in [0, 0.1) is 0 Å². The second-order valence-electron chi connectivity index (χ2n) is 15.6. The first-order chi connectivity index (χ1) is 30.2. The molecule has 6 heteroatoms. The van der Waals surface area contributed by atoms with Gasteiger partial charge in [-0.25, -0.2) is 15.0 Å². The van der Waals surface area contributed by atoms with E-state index in [9.17, 15) is 0 Å². The molecule has 4 heterocycles. The molecule has 0 aliphatic carbocycles. The zero-order valence-electron chi connectivity index (χ0n) is 32.6. The number of benzene rings is 9. The smallest absolute Gasteiger partial charge is 0.164 e. The second-order valence-corrected chi connectivity index (χ2v) is 16.7. The van der Waals surface area contributed by atoms with Gasteiger partial charge in [-0.05, 0) is 77.0 Å². The van der Waals surface area contributed by atoms with Crippen LogP contribution in [0.25, 0.3) is 126 Å². The van der Waals surface area contributed by atoms with Crippen LogP contribution in [0.5, 0.6) is 0 Å². The van der Waals surface area contributed by atoms with Gasteiger partial charge in [0.1, 0.15) is 11.2 Å². The average Bonchev–Trinajstić information content (AvgIpc) is 4.00. The molecule has 0 spiro atoms. The lowest BCUT2D eigenvalue weighted by atomic mass is 9.99. The summed E-state index contributed by atoms with van der Waals surface area (Å²) < 4.78 is 11.3. The predicted molar refractivity (Wildman–Crippen MR) is 254 cm³/mol. The summed E-state index contributed by atoms with van der Waals surface area (Å²) in [6, 6.07) is 68.8. The summed E-state index contributed by atoms with van der Waals surface area (Å²) >= 11 is 1.85. The SMILES string of the molecule is c1ccc(-c2nc(-c3cccc(-n4c5cc6ccccc6cc5c5cccc(-c6ccc7sc8ccccc8c7c6)c54)c3)nc(-c3ccc4c(c3)oc3ccccc34)n2)cc1. The number of aromatic nitrogens is 4. The van der Waals surface area contributed by atoms with Crippen LogP contribution in [0.2, 0.25) is 0 Å². The van der Waals surface area contributed by atoms with Crippen LogP contribution in [0.15, 0.2) is 199 Å². The molecule has 284 valence electrons. The Morgan fingerprint density at radius 3 is 1.89 bits per heavy atom. The van der Waals surface area contributed by atoms with Gasteiger partial charge in [0.15, 0.2) is 17.5 Å². The van der Waals surface area contributed by atoms with Gasteiger partial charge in [-0.2, -0.15) is 0 Å². The topological polar surface area (TPSA) is 56.7 Å². The number of hydrogen-bond acceptors (Lipinski definition) is 5. The van der Waals surface area contributed by atoms with Gasteiger partial charge >= 0.3 is 0 Å². The molecule has 0 radical (unpaired) electrons. The zero-order chi connectivity index (χ0) is 40.0. The highest BCUT2D eigenvalue weighted by molar-refractivity contribution is 7.25. The molecule has 13 aromatic rings. The molecule has 0 N–H and O–H groups in total. The van der Waals surface area contributed by atoms with E-state index in [4.69, 9.17) is 19.4 Å². The molecule has 0 amide bonds. The van der Waals surface area contributed by atoms with Gasteiger partial charge < -0.3 is 8.98 Å². The highest BCUT2D eigenvalue weighted by Gasteiger charge is 2.20. The second kappa shape index (κ2) is 13.3. The summed E-state index contributed by atoms with van der Waals surface area (Å²) in [5.74, 6) is 1.79. The number of nitrogens with zero attached hydrogens (tertiary/aromatic N) is 4. The Kier molecular flexibility index (Phi) is 7.41. The van der Waals surface area contributed by atoms with Gasteiger partial charge in [-0.3, -0.25) is 0 Å². The summed E-state index contributed by atoms with van der Waals surface area (Å²) in [6.45, 7) is 0. The first kappa shape index (κ1) is 34.0. The van der Waals surface area contributed by atoms with Crippen molar-refractivity contribution in [2.24, 2.45) is 0 Å². The van der Waals surface area contributed by atoms with Crippen LogP contribution < -0.4 is 0 Å². The molecule has 0 bridgehead atoms. The molecular formula is C55H32N4OS. The maximum absolute atomic E-state index is 6.30. The molecule has 0 aliphatic rings. The fraction of sp³-hybridized carbons (Fsp3) is 0. The number of furan rings is 1. The van der Waals surface area contributed by atoms with Gasteiger partial charge in [-0.1, -0.05) is 133 Å². The van der Waals surface area contributed by atoms with Gasteiger partial charge in [-0.15, -0.1) is 11.3 Å². The van der Waals surface area contributed by atoms with Crippen LogP contribution >= 0.6 is 11.3 Å². The summed E-state index contributed by atoms with van der Waals surface area (Å²) in [5, 5.41) is 9.54. The fourth-order valence-corrected chi connectivity index (χ4v) is 10.2. The van der Waals surface area contributed by atoms with E-state index < -0.39 is 0 Å². The first-order valence-electron chi connectivity index (χ1n) is 20.4. The lowest BCUT2D eigenvalue weighted by molar-refractivity contribution is 0.669. The van der Waals surface area contributed by atoms with Crippen molar-refractivity contribution < 1.29 is 4.42 Å². The Bertz CT molecular complexity index is 3900. The molecule has 9 aromatic carbocycles. The first-order valence-corrected chi connectivity index (χ1v) is 21.2. The van der Waals surface area contributed by atoms with Gasteiger partial charge in [0.2, 0.25) is 0 Å². The quantitative estimate of drug-likeness (QED) is 0.174. The third-order valence-electron chi connectivity index (χ3n) is 12.0. The lowest BCUT2D eigenvalue weighted by Gasteiger charge is -2.14. The van der Waals surface area contributed by atoms with E-state index in [2.05, 4.69) is 144 Å². The van der Waals surface area contributed by atoms with Crippen LogP contribution in [0.3, 0.4) is 0 Å². The minimum absolute atomic E-state index is 0.582. The Morgan fingerprint density at radius 2 is 1.02 bits per heavy atom. The van der Waals surface area contributed by atoms with Crippen LogP contribution in [-0.2, 0) is 0 Å². The van der Waals surface area contributed by atoms with Gasteiger partial charge in [0.25, 0.3) is 0 Å². The van der Waals surface area contributed by atoms with Crippen molar-refractivity contribution >= 4 is 86.0 Å². The molecule has 61 heavy (non-hydrogen) atoms. The molecule has 5 nitrogen and oxygen atoms in total. The van der Waals surface area contributed by atoms with Crippen molar-refractivity contribution in [2.75, 3.05) is 0 Å². The van der Waals surface area contributed by atoms with Crippen LogP contribution in [0.4, 0.5) is 0 Å². The Balaban J connectivity index is 1.04. The third kappa shape index (κ3) is 5.43. The largest absolute Gasteiger partial charge is 0.456 e. The van der Waals surface area contributed by atoms with E-state index in [0.29, 0.717) is 17.5 Å². The van der Waals surface area contributed by atoms with Crippen molar-refractivity contribution in [3.8, 4) is 51.0 Å². The number of rotatable bonds is 5. The summed E-state index contributed by atoms with van der Waals surface area (Å²) in [4.78, 5) is 15.4. The highest BCUT2D eigenvalue weighted by atomic mass is 32.1. The standard InChI is InChI=1S/C55H32N4OS/c1-2-12-33(13-3-1)53-56-54(58-55(57-53)38-24-26-42-41-18-6-8-22-48(41)60-49(42)32-38)37-16-10-17-39(28-37)59-47-31-35-15-5-4-14-34(35)29-45(47)44-21-11-20-40(52(44)59)36-25-27-51-46(30-36)43-19-7-9-23-50(43)61-51/h1-32H. The summed E-state index contributed by atoms with van der Waals surface area (Å²) in [5.41, 5.74) is 10.00. The third-order valence-corrected chi connectivity index (χ3v) is 13.2. The maximum Gasteiger partial charge on any atom is 0.164 e. The Morgan fingerprint density at radius 1 is 0.377 bits per heavy atom. The molecule has 0 saturated heterocycles. The number of thiophene rings is 1. The Labute approximate surface area is 353 Å². The number of para-hydroxylation sites is 2. The van der Waals surface area contributed by atoms with Crippen molar-refractivity contribution in [2.45, 2.75) is 0 Å². The maximum atomic E-state index is 6.30. The molecule has 0 unspecified atom stereocenters. The van der Waals surface area contributed by atoms with E-state index in [-0.39, 0.29) is 0 Å². The van der Waals surface area contributed by atoms with E-state index in [1.165, 1.54) is 52.8 Å². The number of fused-ring (bicyclic) bond motifs is 10. The van der Waals surface area contributed by atoms with E-state index in [0.717, 1.165) is 55.3 Å². The molecule has 0 saturated carbocycles. The van der Waals surface area contributed by atoms with Crippen molar-refractivity contribution in [3.63, 3.8) is 0 Å². The fourth-order valence-electron chi connectivity index (χ4n) is 9.15. The lowest BCUT2D eigenvalue weighted by Crippen LogP contribution is -2.01. The number of hydrogen-bond donors (Lipinski definition) is 0. The van der Waals surface area contributed by atoms with E-state index >= 15 is 0 Å². The van der Waals surface area contributed by atoms with Crippen LogP contribution in [0.1, 0.15) is 0 Å². The molecule has 0 aliphatic heterocycles. The van der Waals surface area contributed by atoms with Crippen molar-refractivity contribution in [1.82, 2.24) is 19.5 Å². The minimum Gasteiger partial charge on any atom is -0.456 e. The molecule has 4 aromatic heterocycles. The van der Waals surface area contributed by atoms with Gasteiger partial charge in [0.05, 0.1) is 11.0 Å². The van der Waals surface area contributed by atoms with Crippen LogP contribution in [-0.4, -0.2) is 19.5 Å². The summed E-state index contributed by atoms with van der Waals surface area (Å²) in [7, 11) is 0. The minimum atomic E-state index is 0.582. The molecule has 13 rings (SSSR count). The molecule has 0 atom stereocenters. The monoisotopic (exact) mass is 796 g/mol. The van der Waals surface area contributed by atoms with E-state index in [1.54, 1.807) is 0 Å².